The van der Waals surface area contributed by atoms with Gasteiger partial charge in [0.2, 0.25) is 0 Å². The van der Waals surface area contributed by atoms with Crippen LogP contribution in [0.4, 0.5) is 5.82 Å². The molecule has 0 spiro atoms. The van der Waals surface area contributed by atoms with Crippen molar-refractivity contribution in [3.8, 4) is 12.1 Å². The molecule has 1 aliphatic rings. The summed E-state index contributed by atoms with van der Waals surface area (Å²) in [7, 11) is 0. The van der Waals surface area contributed by atoms with Crippen molar-refractivity contribution in [1.82, 2.24) is 4.98 Å². The number of nitrogen functional groups attached to an aromatic ring is 1. The Morgan fingerprint density at radius 1 is 1.26 bits per heavy atom. The number of halogens is 1. The summed E-state index contributed by atoms with van der Waals surface area (Å²) in [5.41, 5.74) is 10.7. The third kappa shape index (κ3) is 2.37. The number of rotatable bonds is 1. The van der Waals surface area contributed by atoms with Crippen LogP contribution in [0.1, 0.15) is 34.2 Å². The molecule has 2 heterocycles. The van der Waals surface area contributed by atoms with Crippen molar-refractivity contribution in [2.75, 3.05) is 5.73 Å². The smallest absolute Gasteiger partial charge is 0.142 e. The van der Waals surface area contributed by atoms with E-state index in [1.807, 2.05) is 32.1 Å². The van der Waals surface area contributed by atoms with Gasteiger partial charge in [0, 0.05) is 10.4 Å². The second kappa shape index (κ2) is 5.66. The molecule has 4 nitrogen and oxygen atoms in total. The minimum atomic E-state index is 0.171. The molecule has 0 aromatic carbocycles. The van der Waals surface area contributed by atoms with E-state index in [2.05, 4.69) is 33.1 Å². The first-order valence-corrected chi connectivity index (χ1v) is 8.38. The lowest BCUT2D eigenvalue weighted by Crippen LogP contribution is -2.03. The van der Waals surface area contributed by atoms with Gasteiger partial charge in [-0.3, -0.25) is 0 Å². The number of hydrogen-bond donors (Lipinski definition) is 1. The average molecular weight is 383 g/mol. The van der Waals surface area contributed by atoms with Crippen molar-refractivity contribution in [3.05, 3.63) is 48.8 Å². The zero-order valence-corrected chi connectivity index (χ0v) is 14.8. The summed E-state index contributed by atoms with van der Waals surface area (Å²) in [5.74, 6) is 0.171. The maximum Gasteiger partial charge on any atom is 0.142 e. The van der Waals surface area contributed by atoms with Crippen LogP contribution in [0.15, 0.2) is 21.5 Å². The number of thiophene rings is 1. The van der Waals surface area contributed by atoms with Crippen molar-refractivity contribution >= 4 is 50.3 Å². The Balaban J connectivity index is 2.34. The van der Waals surface area contributed by atoms with Gasteiger partial charge < -0.3 is 5.73 Å². The van der Waals surface area contributed by atoms with Crippen LogP contribution in [0.25, 0.3) is 17.2 Å². The van der Waals surface area contributed by atoms with E-state index in [4.69, 9.17) is 5.73 Å². The van der Waals surface area contributed by atoms with Crippen LogP contribution < -0.4 is 5.73 Å². The lowest BCUT2D eigenvalue weighted by atomic mass is 9.97. The van der Waals surface area contributed by atoms with Crippen LogP contribution in [-0.4, -0.2) is 4.98 Å². The molecule has 0 saturated carbocycles. The van der Waals surface area contributed by atoms with Crippen LogP contribution in [-0.2, 0) is 0 Å². The van der Waals surface area contributed by atoms with Gasteiger partial charge in [-0.15, -0.1) is 11.3 Å². The van der Waals surface area contributed by atoms with Crippen LogP contribution in [0, 0.1) is 29.6 Å². The van der Waals surface area contributed by atoms with Gasteiger partial charge in [-0.1, -0.05) is 0 Å². The molecule has 3 rings (SSSR count). The van der Waals surface area contributed by atoms with Crippen LogP contribution in [0.5, 0.6) is 0 Å². The predicted octanol–water partition coefficient (Wildman–Crippen LogP) is 4.52. The molecule has 2 aromatic heterocycles. The highest BCUT2D eigenvalue weighted by atomic mass is 79.9. The van der Waals surface area contributed by atoms with Gasteiger partial charge in [-0.2, -0.15) is 10.5 Å². The van der Waals surface area contributed by atoms with Crippen molar-refractivity contribution in [2.24, 2.45) is 0 Å². The number of nitriles is 2. The van der Waals surface area contributed by atoms with Gasteiger partial charge in [0.05, 0.1) is 20.6 Å². The molecule has 0 amide bonds. The third-order valence-corrected chi connectivity index (χ3v) is 5.44. The third-order valence-electron chi connectivity index (χ3n) is 3.86. The number of nitrogens with two attached hydrogens (primary N) is 1. The van der Waals surface area contributed by atoms with Gasteiger partial charge in [0.15, 0.2) is 0 Å². The van der Waals surface area contributed by atoms with E-state index in [0.717, 1.165) is 30.9 Å². The zero-order valence-electron chi connectivity index (χ0n) is 12.4. The van der Waals surface area contributed by atoms with Crippen LogP contribution >= 0.6 is 27.3 Å². The maximum atomic E-state index is 9.49. The molecule has 23 heavy (non-hydrogen) atoms. The molecule has 1 aliphatic carbocycles. The minimum absolute atomic E-state index is 0.171. The summed E-state index contributed by atoms with van der Waals surface area (Å²) in [6.45, 7) is 3.75. The molecular weight excluding hydrogens is 372 g/mol. The van der Waals surface area contributed by atoms with E-state index in [-0.39, 0.29) is 5.82 Å². The highest BCUT2D eigenvalue weighted by molar-refractivity contribution is 9.11. The number of hydrogen-bond acceptors (Lipinski definition) is 5. The van der Waals surface area contributed by atoms with Crippen molar-refractivity contribution in [3.63, 3.8) is 0 Å². The number of allylic oxidation sites excluding steroid dienone is 3. The number of anilines is 1. The Bertz CT molecular complexity index is 983. The number of nitrogens with zero attached hydrogens (tertiary/aromatic N) is 3. The molecule has 0 fully saturated rings. The molecule has 0 unspecified atom stereocenters. The van der Waals surface area contributed by atoms with E-state index < -0.39 is 0 Å². The number of pyridine rings is 1. The summed E-state index contributed by atoms with van der Waals surface area (Å²) >= 11 is 5.06. The quantitative estimate of drug-likeness (QED) is 0.785. The lowest BCUT2D eigenvalue weighted by Gasteiger charge is -2.10. The van der Waals surface area contributed by atoms with Gasteiger partial charge >= 0.3 is 0 Å². The summed E-state index contributed by atoms with van der Waals surface area (Å²) in [4.78, 5) is 5.37. The first-order valence-electron chi connectivity index (χ1n) is 6.77. The fraction of sp³-hybridized carbons (Fsp3) is 0.118. The van der Waals surface area contributed by atoms with Crippen molar-refractivity contribution < 1.29 is 0 Å². The van der Waals surface area contributed by atoms with Gasteiger partial charge in [-0.25, -0.2) is 4.98 Å². The Labute approximate surface area is 146 Å². The number of aromatic nitrogens is 1. The first-order chi connectivity index (χ1) is 11.0. The molecular formula is C17H11BrN4S. The monoisotopic (exact) mass is 382 g/mol. The van der Waals surface area contributed by atoms with E-state index >= 15 is 0 Å². The molecule has 2 aromatic rings. The Kier molecular flexibility index (Phi) is 3.81. The first kappa shape index (κ1) is 15.5. The average Bonchev–Trinajstić information content (AvgIpc) is 3.02. The molecule has 2 N–H and O–H groups in total. The van der Waals surface area contributed by atoms with Crippen LogP contribution in [0.2, 0.25) is 0 Å². The molecule has 6 heteroatoms. The molecule has 0 aliphatic heterocycles. The predicted molar refractivity (Wildman–Crippen MR) is 96.2 cm³/mol. The van der Waals surface area contributed by atoms with Gasteiger partial charge in [0.25, 0.3) is 0 Å². The Hall–Kier alpha value is -2.41. The Morgan fingerprint density at radius 3 is 2.57 bits per heavy atom. The summed E-state index contributed by atoms with van der Waals surface area (Å²) in [5, 5.41) is 18.8. The molecule has 0 saturated heterocycles. The fourth-order valence-electron chi connectivity index (χ4n) is 2.74. The summed E-state index contributed by atoms with van der Waals surface area (Å²) < 4.78 is 1.04. The van der Waals surface area contributed by atoms with E-state index in [0.29, 0.717) is 16.8 Å². The van der Waals surface area contributed by atoms with Crippen LogP contribution in [0.3, 0.4) is 0 Å². The van der Waals surface area contributed by atoms with E-state index in [9.17, 15) is 10.5 Å². The molecule has 112 valence electrons. The summed E-state index contributed by atoms with van der Waals surface area (Å²) in [6.07, 6.45) is 2.03. The normalized spacial score (nSPS) is 14.7. The van der Waals surface area contributed by atoms with Gasteiger partial charge in [0.1, 0.15) is 18.0 Å². The molecule has 0 radical (unpaired) electrons. The lowest BCUT2D eigenvalue weighted by molar-refractivity contribution is 1.22. The van der Waals surface area contributed by atoms with Crippen molar-refractivity contribution in [2.45, 2.75) is 13.8 Å². The molecule has 0 atom stereocenters. The molecule has 0 bridgehead atoms. The zero-order chi connectivity index (χ0) is 16.7. The fourth-order valence-corrected chi connectivity index (χ4v) is 4.11. The SMILES string of the molecule is CC1=C(C#N)c2nc(N)c(C#N)c(C)c2/C1=C/c1ccc(Br)s1. The second-order valence-corrected chi connectivity index (χ2v) is 7.64. The van der Waals surface area contributed by atoms with Crippen molar-refractivity contribution in [1.29, 1.82) is 10.5 Å². The number of fused-ring (bicyclic) bond motifs is 1. The Morgan fingerprint density at radius 2 is 2.00 bits per heavy atom. The van der Waals surface area contributed by atoms with E-state index in [1.54, 1.807) is 11.3 Å². The van der Waals surface area contributed by atoms with E-state index in [1.165, 1.54) is 0 Å². The standard InChI is InChI=1S/C17H11BrN4S/c1-8-11(5-10-3-4-14(18)23-10)15-9(2)13(7-20)17(21)22-16(15)12(8)6-19/h3-5H,1-2H3,(H2,21,22)/b11-5+. The largest absolute Gasteiger partial charge is 0.383 e. The topological polar surface area (TPSA) is 86.5 Å². The highest BCUT2D eigenvalue weighted by Gasteiger charge is 2.29. The second-order valence-electron chi connectivity index (χ2n) is 5.14. The minimum Gasteiger partial charge on any atom is -0.383 e. The summed E-state index contributed by atoms with van der Waals surface area (Å²) in [6, 6.07) is 8.31. The highest BCUT2D eigenvalue weighted by Crippen LogP contribution is 2.44. The van der Waals surface area contributed by atoms with Gasteiger partial charge in [-0.05, 0) is 64.7 Å². The maximum absolute atomic E-state index is 9.49.